The summed E-state index contributed by atoms with van der Waals surface area (Å²) in [7, 11) is 1.89. The highest BCUT2D eigenvalue weighted by Gasteiger charge is 2.11. The molecular weight excluding hydrogens is 204 g/mol. The van der Waals surface area contributed by atoms with E-state index in [0.717, 1.165) is 11.4 Å². The molecule has 1 unspecified atom stereocenters. The van der Waals surface area contributed by atoms with Crippen molar-refractivity contribution in [1.82, 2.24) is 9.97 Å². The van der Waals surface area contributed by atoms with Gasteiger partial charge in [-0.3, -0.25) is 5.43 Å². The SMILES string of the molecule is Cc1cnc(NN)nc1N(C)CC(C)C#N. The Morgan fingerprint density at radius 3 is 2.94 bits per heavy atom. The molecular formula is C10H16N6. The van der Waals surface area contributed by atoms with Crippen LogP contribution in [-0.2, 0) is 0 Å². The third kappa shape index (κ3) is 2.81. The van der Waals surface area contributed by atoms with Gasteiger partial charge in [-0.1, -0.05) is 0 Å². The van der Waals surface area contributed by atoms with Gasteiger partial charge >= 0.3 is 0 Å². The maximum atomic E-state index is 8.76. The third-order valence-electron chi connectivity index (χ3n) is 2.20. The summed E-state index contributed by atoms with van der Waals surface area (Å²) in [6.45, 7) is 4.41. The summed E-state index contributed by atoms with van der Waals surface area (Å²) in [6, 6.07) is 2.19. The number of nitriles is 1. The molecule has 16 heavy (non-hydrogen) atoms. The van der Waals surface area contributed by atoms with Crippen LogP contribution in [-0.4, -0.2) is 23.6 Å². The van der Waals surface area contributed by atoms with Crippen LogP contribution in [0, 0.1) is 24.2 Å². The molecule has 1 heterocycles. The van der Waals surface area contributed by atoms with Gasteiger partial charge in [-0.2, -0.15) is 10.2 Å². The van der Waals surface area contributed by atoms with Crippen LogP contribution in [0.25, 0.3) is 0 Å². The van der Waals surface area contributed by atoms with Crippen molar-refractivity contribution in [3.05, 3.63) is 11.8 Å². The molecule has 0 aromatic carbocycles. The molecule has 0 aliphatic carbocycles. The summed E-state index contributed by atoms with van der Waals surface area (Å²) in [5.41, 5.74) is 3.35. The lowest BCUT2D eigenvalue weighted by molar-refractivity contribution is 0.708. The van der Waals surface area contributed by atoms with Crippen LogP contribution in [0.5, 0.6) is 0 Å². The van der Waals surface area contributed by atoms with Gasteiger partial charge in [-0.25, -0.2) is 10.8 Å². The number of nitrogen functional groups attached to an aromatic ring is 1. The minimum Gasteiger partial charge on any atom is -0.358 e. The van der Waals surface area contributed by atoms with Gasteiger partial charge in [0.25, 0.3) is 0 Å². The number of aromatic nitrogens is 2. The Hall–Kier alpha value is -1.87. The highest BCUT2D eigenvalue weighted by atomic mass is 15.3. The molecule has 0 saturated heterocycles. The Morgan fingerprint density at radius 1 is 1.69 bits per heavy atom. The van der Waals surface area contributed by atoms with Gasteiger partial charge in [0.1, 0.15) is 5.82 Å². The molecule has 1 atom stereocenters. The Balaban J connectivity index is 2.90. The van der Waals surface area contributed by atoms with Crippen molar-refractivity contribution in [2.75, 3.05) is 23.9 Å². The van der Waals surface area contributed by atoms with E-state index in [4.69, 9.17) is 11.1 Å². The maximum Gasteiger partial charge on any atom is 0.239 e. The van der Waals surface area contributed by atoms with Crippen molar-refractivity contribution in [2.45, 2.75) is 13.8 Å². The van der Waals surface area contributed by atoms with Gasteiger partial charge in [-0.15, -0.1) is 0 Å². The average Bonchev–Trinajstić information content (AvgIpc) is 2.29. The average molecular weight is 220 g/mol. The predicted molar refractivity (Wildman–Crippen MR) is 62.6 cm³/mol. The number of rotatable bonds is 4. The molecule has 6 heteroatoms. The van der Waals surface area contributed by atoms with E-state index >= 15 is 0 Å². The zero-order chi connectivity index (χ0) is 12.1. The Kier molecular flexibility index (Phi) is 4.03. The van der Waals surface area contributed by atoms with E-state index in [9.17, 15) is 0 Å². The second-order valence-electron chi connectivity index (χ2n) is 3.76. The number of hydrazine groups is 1. The number of hydrogen-bond donors (Lipinski definition) is 2. The number of nitrogens with two attached hydrogens (primary N) is 1. The zero-order valence-electron chi connectivity index (χ0n) is 9.73. The first-order valence-corrected chi connectivity index (χ1v) is 4.99. The van der Waals surface area contributed by atoms with Gasteiger partial charge in [0.15, 0.2) is 0 Å². The van der Waals surface area contributed by atoms with Gasteiger partial charge < -0.3 is 4.90 Å². The topological polar surface area (TPSA) is 90.9 Å². The summed E-state index contributed by atoms with van der Waals surface area (Å²) in [6.07, 6.45) is 1.70. The smallest absolute Gasteiger partial charge is 0.239 e. The maximum absolute atomic E-state index is 8.76. The lowest BCUT2D eigenvalue weighted by Gasteiger charge is -2.21. The summed E-state index contributed by atoms with van der Waals surface area (Å²) in [5.74, 6) is 6.36. The van der Waals surface area contributed by atoms with E-state index in [1.165, 1.54) is 0 Å². The van der Waals surface area contributed by atoms with Crippen LogP contribution >= 0.6 is 0 Å². The summed E-state index contributed by atoms with van der Waals surface area (Å²) in [5, 5.41) is 8.76. The van der Waals surface area contributed by atoms with Crippen LogP contribution in [0.3, 0.4) is 0 Å². The molecule has 0 aliphatic heterocycles. The normalized spacial score (nSPS) is 11.7. The summed E-state index contributed by atoms with van der Waals surface area (Å²) >= 11 is 0. The van der Waals surface area contributed by atoms with Crippen LogP contribution in [0.2, 0.25) is 0 Å². The number of nitrogens with one attached hydrogen (secondary N) is 1. The molecule has 0 aliphatic rings. The molecule has 3 N–H and O–H groups in total. The largest absolute Gasteiger partial charge is 0.358 e. The highest BCUT2D eigenvalue weighted by molar-refractivity contribution is 5.48. The Bertz CT molecular complexity index is 397. The van der Waals surface area contributed by atoms with Crippen molar-refractivity contribution in [3.63, 3.8) is 0 Å². The molecule has 1 aromatic heterocycles. The quantitative estimate of drug-likeness (QED) is 0.572. The van der Waals surface area contributed by atoms with E-state index in [0.29, 0.717) is 12.5 Å². The standard InChI is InChI=1S/C10H16N6/c1-7(4-11)6-16(3)9-8(2)5-13-10(14-9)15-12/h5,7H,6,12H2,1-3H3,(H,13,14,15). The minimum atomic E-state index is -0.0475. The van der Waals surface area contributed by atoms with Crippen LogP contribution < -0.4 is 16.2 Å². The minimum absolute atomic E-state index is 0.0475. The molecule has 0 amide bonds. The number of hydrogen-bond acceptors (Lipinski definition) is 6. The second-order valence-corrected chi connectivity index (χ2v) is 3.76. The number of anilines is 2. The van der Waals surface area contributed by atoms with E-state index in [1.54, 1.807) is 6.20 Å². The van der Waals surface area contributed by atoms with Gasteiger partial charge in [0.05, 0.1) is 12.0 Å². The lowest BCUT2D eigenvalue weighted by Crippen LogP contribution is -2.25. The molecule has 0 radical (unpaired) electrons. The molecule has 1 rings (SSSR count). The molecule has 86 valence electrons. The summed E-state index contributed by atoms with van der Waals surface area (Å²) < 4.78 is 0. The number of aryl methyl sites for hydroxylation is 1. The second kappa shape index (κ2) is 5.28. The van der Waals surface area contributed by atoms with Crippen molar-refractivity contribution >= 4 is 11.8 Å². The molecule has 1 aromatic rings. The monoisotopic (exact) mass is 220 g/mol. The zero-order valence-corrected chi connectivity index (χ0v) is 9.73. The molecule has 0 spiro atoms. The summed E-state index contributed by atoms with van der Waals surface area (Å²) in [4.78, 5) is 10.2. The van der Waals surface area contributed by atoms with Crippen molar-refractivity contribution in [3.8, 4) is 6.07 Å². The van der Waals surface area contributed by atoms with Gasteiger partial charge in [0.2, 0.25) is 5.95 Å². The lowest BCUT2D eigenvalue weighted by atomic mass is 10.2. The van der Waals surface area contributed by atoms with E-state index < -0.39 is 0 Å². The fourth-order valence-electron chi connectivity index (χ4n) is 1.43. The van der Waals surface area contributed by atoms with Crippen molar-refractivity contribution in [2.24, 2.45) is 11.8 Å². The molecule has 0 bridgehead atoms. The molecule has 6 nitrogen and oxygen atoms in total. The first-order chi connectivity index (χ1) is 7.58. The fraction of sp³-hybridized carbons (Fsp3) is 0.500. The van der Waals surface area contributed by atoms with Gasteiger partial charge in [0, 0.05) is 25.4 Å². The molecule has 0 fully saturated rings. The molecule has 0 saturated carbocycles. The van der Waals surface area contributed by atoms with Crippen LogP contribution in [0.4, 0.5) is 11.8 Å². The first-order valence-electron chi connectivity index (χ1n) is 4.99. The van der Waals surface area contributed by atoms with Crippen LogP contribution in [0.15, 0.2) is 6.20 Å². The first kappa shape index (κ1) is 12.2. The third-order valence-corrected chi connectivity index (χ3v) is 2.20. The number of nitrogens with zero attached hydrogens (tertiary/aromatic N) is 4. The van der Waals surface area contributed by atoms with Crippen LogP contribution in [0.1, 0.15) is 12.5 Å². The predicted octanol–water partition coefficient (Wildman–Crippen LogP) is 0.666. The highest BCUT2D eigenvalue weighted by Crippen LogP contribution is 2.17. The van der Waals surface area contributed by atoms with Gasteiger partial charge in [-0.05, 0) is 13.8 Å². The van der Waals surface area contributed by atoms with Crippen molar-refractivity contribution in [1.29, 1.82) is 5.26 Å². The van der Waals surface area contributed by atoms with E-state index in [2.05, 4.69) is 21.5 Å². The fourth-order valence-corrected chi connectivity index (χ4v) is 1.43. The van der Waals surface area contributed by atoms with Crippen molar-refractivity contribution < 1.29 is 0 Å². The van der Waals surface area contributed by atoms with E-state index in [-0.39, 0.29) is 5.92 Å². The Morgan fingerprint density at radius 2 is 2.38 bits per heavy atom. The van der Waals surface area contributed by atoms with E-state index in [1.807, 2.05) is 25.8 Å². The Labute approximate surface area is 95.1 Å².